The lowest BCUT2D eigenvalue weighted by Gasteiger charge is -2.18. The van der Waals surface area contributed by atoms with E-state index in [0.29, 0.717) is 4.67 Å². The number of allylic oxidation sites excluding steroid dienone is 1. The van der Waals surface area contributed by atoms with E-state index in [-0.39, 0.29) is 18.7 Å². The molecule has 0 bridgehead atoms. The van der Waals surface area contributed by atoms with Gasteiger partial charge < -0.3 is 19.7 Å². The van der Waals surface area contributed by atoms with Crippen LogP contribution >= 0.6 is 15.9 Å². The van der Waals surface area contributed by atoms with Crippen molar-refractivity contribution in [3.05, 3.63) is 34.7 Å². The van der Waals surface area contributed by atoms with Crippen LogP contribution < -0.4 is 5.32 Å². The standard InChI is InChI=1S/C14H17BrN2O5/c1-3-4-5-9(14(20)21)16-12(18)8-17(2)13(19)10-6-7-11(15)22-10/h3-4,6-7,9H,5,8H2,1-2H3,(H,16,18)(H,20,21)/b4-3+. The fourth-order valence-electron chi connectivity index (χ4n) is 1.64. The molecule has 0 aliphatic heterocycles. The predicted molar refractivity (Wildman–Crippen MR) is 82.4 cm³/mol. The predicted octanol–water partition coefficient (Wildman–Crippen LogP) is 1.65. The van der Waals surface area contributed by atoms with E-state index in [0.717, 1.165) is 4.90 Å². The highest BCUT2D eigenvalue weighted by Gasteiger charge is 2.22. The van der Waals surface area contributed by atoms with Gasteiger partial charge in [0, 0.05) is 7.05 Å². The van der Waals surface area contributed by atoms with E-state index < -0.39 is 23.8 Å². The van der Waals surface area contributed by atoms with E-state index in [1.54, 1.807) is 25.1 Å². The van der Waals surface area contributed by atoms with Crippen molar-refractivity contribution in [3.63, 3.8) is 0 Å². The summed E-state index contributed by atoms with van der Waals surface area (Å²) in [7, 11) is 1.43. The Bertz CT molecular complexity index is 582. The van der Waals surface area contributed by atoms with Gasteiger partial charge in [-0.25, -0.2) is 4.79 Å². The van der Waals surface area contributed by atoms with Gasteiger partial charge in [-0.05, 0) is 41.4 Å². The molecule has 1 aromatic heterocycles. The fraction of sp³-hybridized carbons (Fsp3) is 0.357. The molecule has 0 fully saturated rings. The number of aliphatic carboxylic acids is 1. The van der Waals surface area contributed by atoms with Gasteiger partial charge in [-0.15, -0.1) is 0 Å². The van der Waals surface area contributed by atoms with Crippen LogP contribution in [0.25, 0.3) is 0 Å². The Morgan fingerprint density at radius 2 is 2.14 bits per heavy atom. The molecule has 0 saturated heterocycles. The molecule has 0 saturated carbocycles. The maximum atomic E-state index is 12.0. The molecule has 1 heterocycles. The average Bonchev–Trinajstić information content (AvgIpc) is 2.88. The summed E-state index contributed by atoms with van der Waals surface area (Å²) in [4.78, 5) is 36.0. The van der Waals surface area contributed by atoms with Crippen molar-refractivity contribution in [2.24, 2.45) is 0 Å². The third-order valence-electron chi connectivity index (χ3n) is 2.75. The summed E-state index contributed by atoms with van der Waals surface area (Å²) in [6.45, 7) is 1.49. The summed E-state index contributed by atoms with van der Waals surface area (Å²) in [6.07, 6.45) is 3.53. The van der Waals surface area contributed by atoms with Crippen LogP contribution in [0.5, 0.6) is 0 Å². The molecule has 1 atom stereocenters. The van der Waals surface area contributed by atoms with Gasteiger partial charge in [0.1, 0.15) is 6.04 Å². The lowest BCUT2D eigenvalue weighted by molar-refractivity contribution is -0.141. The fourth-order valence-corrected chi connectivity index (χ4v) is 1.94. The van der Waals surface area contributed by atoms with E-state index in [1.807, 2.05) is 0 Å². The summed E-state index contributed by atoms with van der Waals surface area (Å²) in [6, 6.07) is 2.02. The molecule has 120 valence electrons. The first kappa shape index (κ1) is 18.0. The normalized spacial score (nSPS) is 12.1. The minimum absolute atomic E-state index is 0.0888. The molecule has 2 amide bonds. The number of nitrogens with one attached hydrogen (secondary N) is 1. The number of carboxylic acids is 1. The second-order valence-electron chi connectivity index (χ2n) is 4.53. The van der Waals surface area contributed by atoms with Gasteiger partial charge in [0.15, 0.2) is 10.4 Å². The van der Waals surface area contributed by atoms with Gasteiger partial charge in [-0.1, -0.05) is 12.2 Å². The van der Waals surface area contributed by atoms with Crippen LogP contribution in [-0.2, 0) is 9.59 Å². The first-order valence-corrected chi connectivity index (χ1v) is 7.28. The van der Waals surface area contributed by atoms with E-state index in [9.17, 15) is 14.4 Å². The maximum Gasteiger partial charge on any atom is 0.326 e. The maximum absolute atomic E-state index is 12.0. The number of halogens is 1. The molecular weight excluding hydrogens is 356 g/mol. The van der Waals surface area contributed by atoms with Crippen LogP contribution in [0.3, 0.4) is 0 Å². The lowest BCUT2D eigenvalue weighted by Crippen LogP contribution is -2.45. The van der Waals surface area contributed by atoms with Crippen LogP contribution in [-0.4, -0.2) is 47.4 Å². The topological polar surface area (TPSA) is 99.9 Å². The summed E-state index contributed by atoms with van der Waals surface area (Å²) in [5.74, 6) is -2.07. The lowest BCUT2D eigenvalue weighted by atomic mass is 10.2. The molecule has 1 rings (SSSR count). The molecule has 7 nitrogen and oxygen atoms in total. The van der Waals surface area contributed by atoms with Gasteiger partial charge in [0.05, 0.1) is 6.54 Å². The Balaban J connectivity index is 2.59. The van der Waals surface area contributed by atoms with Crippen molar-refractivity contribution in [1.29, 1.82) is 0 Å². The number of rotatable bonds is 7. The zero-order valence-corrected chi connectivity index (χ0v) is 13.8. The molecule has 8 heteroatoms. The highest BCUT2D eigenvalue weighted by Crippen LogP contribution is 2.15. The molecule has 0 aliphatic carbocycles. The number of furan rings is 1. The summed E-state index contributed by atoms with van der Waals surface area (Å²) < 4.78 is 5.52. The van der Waals surface area contributed by atoms with Gasteiger partial charge in [0.2, 0.25) is 5.91 Å². The smallest absolute Gasteiger partial charge is 0.326 e. The second-order valence-corrected chi connectivity index (χ2v) is 5.31. The summed E-state index contributed by atoms with van der Waals surface area (Å²) >= 11 is 3.08. The molecule has 0 aromatic carbocycles. The summed E-state index contributed by atoms with van der Waals surface area (Å²) in [5.41, 5.74) is 0. The number of likely N-dealkylation sites (N-methyl/N-ethyl adjacent to an activating group) is 1. The molecule has 1 unspecified atom stereocenters. The molecule has 0 spiro atoms. The van der Waals surface area contributed by atoms with Gasteiger partial charge in [-0.2, -0.15) is 0 Å². The van der Waals surface area contributed by atoms with Crippen molar-refractivity contribution in [2.45, 2.75) is 19.4 Å². The average molecular weight is 373 g/mol. The number of carbonyl (C=O) groups is 3. The highest BCUT2D eigenvalue weighted by atomic mass is 79.9. The van der Waals surface area contributed by atoms with E-state index in [1.165, 1.54) is 13.1 Å². The van der Waals surface area contributed by atoms with Crippen LogP contribution in [0.4, 0.5) is 0 Å². The summed E-state index contributed by atoms with van der Waals surface area (Å²) in [5, 5.41) is 11.4. The zero-order chi connectivity index (χ0) is 16.7. The van der Waals surface area contributed by atoms with Crippen LogP contribution in [0.1, 0.15) is 23.9 Å². The van der Waals surface area contributed by atoms with E-state index in [2.05, 4.69) is 21.2 Å². The van der Waals surface area contributed by atoms with Crippen molar-refractivity contribution >= 4 is 33.7 Å². The monoisotopic (exact) mass is 372 g/mol. The minimum atomic E-state index is -1.13. The molecule has 2 N–H and O–H groups in total. The first-order valence-electron chi connectivity index (χ1n) is 6.49. The van der Waals surface area contributed by atoms with Crippen molar-refractivity contribution in [3.8, 4) is 0 Å². The SMILES string of the molecule is C/C=C/CC(NC(=O)CN(C)C(=O)c1ccc(Br)o1)C(=O)O. The zero-order valence-electron chi connectivity index (χ0n) is 12.2. The molecule has 0 aliphatic rings. The largest absolute Gasteiger partial charge is 0.480 e. The number of hydrogen-bond donors (Lipinski definition) is 2. The molecule has 0 radical (unpaired) electrons. The second kappa shape index (κ2) is 8.38. The van der Waals surface area contributed by atoms with E-state index >= 15 is 0 Å². The Kier molecular flexibility index (Phi) is 6.84. The van der Waals surface area contributed by atoms with Crippen molar-refractivity contribution < 1.29 is 23.9 Å². The van der Waals surface area contributed by atoms with Gasteiger partial charge >= 0.3 is 5.97 Å². The first-order chi connectivity index (χ1) is 10.3. The number of amides is 2. The quantitative estimate of drug-likeness (QED) is 0.708. The molecular formula is C14H17BrN2O5. The third kappa shape index (κ3) is 5.36. The van der Waals surface area contributed by atoms with Gasteiger partial charge in [0.25, 0.3) is 5.91 Å². The number of hydrogen-bond acceptors (Lipinski definition) is 4. The molecule has 22 heavy (non-hydrogen) atoms. The van der Waals surface area contributed by atoms with Crippen LogP contribution in [0, 0.1) is 0 Å². The van der Waals surface area contributed by atoms with E-state index in [4.69, 9.17) is 9.52 Å². The Hall–Kier alpha value is -2.09. The third-order valence-corrected chi connectivity index (χ3v) is 3.18. The van der Waals surface area contributed by atoms with Crippen LogP contribution in [0.15, 0.2) is 33.4 Å². The molecule has 1 aromatic rings. The van der Waals surface area contributed by atoms with Gasteiger partial charge in [-0.3, -0.25) is 9.59 Å². The highest BCUT2D eigenvalue weighted by molar-refractivity contribution is 9.10. The Labute approximate surface area is 136 Å². The van der Waals surface area contributed by atoms with Crippen molar-refractivity contribution in [1.82, 2.24) is 10.2 Å². The van der Waals surface area contributed by atoms with Crippen LogP contribution in [0.2, 0.25) is 0 Å². The Morgan fingerprint density at radius 1 is 1.45 bits per heavy atom. The number of carboxylic acid groups (broad SMARTS) is 1. The van der Waals surface area contributed by atoms with Crippen molar-refractivity contribution in [2.75, 3.05) is 13.6 Å². The number of nitrogens with zero attached hydrogens (tertiary/aromatic N) is 1. The minimum Gasteiger partial charge on any atom is -0.480 e. The Morgan fingerprint density at radius 3 is 2.64 bits per heavy atom. The number of carbonyl (C=O) groups excluding carboxylic acids is 2.